The van der Waals surface area contributed by atoms with Gasteiger partial charge >= 0.3 is 6.09 Å². The van der Waals surface area contributed by atoms with Crippen molar-refractivity contribution in [2.75, 3.05) is 19.0 Å². The lowest BCUT2D eigenvalue weighted by atomic mass is 9.99. The monoisotopic (exact) mass is 585 g/mol. The zero-order valence-corrected chi connectivity index (χ0v) is 23.5. The van der Waals surface area contributed by atoms with E-state index in [0.717, 1.165) is 16.7 Å². The molecule has 12 heteroatoms. The summed E-state index contributed by atoms with van der Waals surface area (Å²) in [6.07, 6.45) is 4.94. The normalized spacial score (nSPS) is 13.3. The highest BCUT2D eigenvalue weighted by molar-refractivity contribution is 6.30. The van der Waals surface area contributed by atoms with Gasteiger partial charge in [-0.05, 0) is 69.9 Å². The molecule has 1 aliphatic rings. The third-order valence-corrected chi connectivity index (χ3v) is 7.07. The summed E-state index contributed by atoms with van der Waals surface area (Å²) in [7, 11) is 1.36. The second kappa shape index (κ2) is 13.1. The zero-order chi connectivity index (χ0) is 29.5. The number of methoxy groups -OCH3 is 1. The van der Waals surface area contributed by atoms with Crippen molar-refractivity contribution in [2.45, 2.75) is 25.4 Å². The summed E-state index contributed by atoms with van der Waals surface area (Å²) >= 11 is 6.19. The molecule has 3 aromatic carbocycles. The highest BCUT2D eigenvalue weighted by Crippen LogP contribution is 2.24. The van der Waals surface area contributed by atoms with Gasteiger partial charge in [0.05, 0.1) is 12.8 Å². The predicted octanol–water partition coefficient (Wildman–Crippen LogP) is 3.82. The number of tetrazole rings is 1. The predicted molar refractivity (Wildman–Crippen MR) is 157 cm³/mol. The van der Waals surface area contributed by atoms with E-state index in [-0.39, 0.29) is 12.0 Å². The number of aromatic nitrogens is 4. The van der Waals surface area contributed by atoms with E-state index in [1.165, 1.54) is 24.2 Å². The molecule has 0 radical (unpaired) electrons. The average Bonchev–Trinajstić information content (AvgIpc) is 3.54. The highest BCUT2D eigenvalue weighted by atomic mass is 35.5. The van der Waals surface area contributed by atoms with Crippen LogP contribution in [0.5, 0.6) is 0 Å². The lowest BCUT2D eigenvalue weighted by molar-refractivity contribution is -0.123. The molecule has 0 bridgehead atoms. The van der Waals surface area contributed by atoms with Gasteiger partial charge < -0.3 is 20.3 Å². The highest BCUT2D eigenvalue weighted by Gasteiger charge is 2.24. The van der Waals surface area contributed by atoms with E-state index >= 15 is 0 Å². The number of rotatable bonds is 8. The first kappa shape index (κ1) is 28.5. The molecule has 0 fully saturated rings. The number of halogens is 1. The second-order valence-corrected chi connectivity index (χ2v) is 10.1. The van der Waals surface area contributed by atoms with Gasteiger partial charge in [0.25, 0.3) is 0 Å². The molecule has 214 valence electrons. The molecule has 0 spiro atoms. The van der Waals surface area contributed by atoms with E-state index in [1.54, 1.807) is 35.2 Å². The molecule has 0 saturated heterocycles. The Morgan fingerprint density at radius 2 is 1.90 bits per heavy atom. The minimum absolute atomic E-state index is 0.290. The van der Waals surface area contributed by atoms with Gasteiger partial charge in [-0.3, -0.25) is 9.59 Å². The SMILES string of the molecule is COC(=O)N1CCc2cc(NC(=O)[C@H](Cc3ccccc3)NC(=O)/C=C/c3cc(Cl)ccc3-n3cnnn3)ccc2C1. The molecule has 2 heterocycles. The van der Waals surface area contributed by atoms with Crippen molar-refractivity contribution >= 4 is 41.3 Å². The maximum absolute atomic E-state index is 13.5. The van der Waals surface area contributed by atoms with Crippen molar-refractivity contribution < 1.29 is 19.1 Å². The molecule has 0 unspecified atom stereocenters. The number of carbonyl (C=O) groups is 3. The third-order valence-electron chi connectivity index (χ3n) is 6.83. The first-order chi connectivity index (χ1) is 20.4. The number of nitrogens with one attached hydrogen (secondary N) is 2. The smallest absolute Gasteiger partial charge is 0.409 e. The summed E-state index contributed by atoms with van der Waals surface area (Å²) < 4.78 is 6.30. The van der Waals surface area contributed by atoms with Crippen LogP contribution in [0, 0.1) is 0 Å². The lowest BCUT2D eigenvalue weighted by Crippen LogP contribution is -2.44. The van der Waals surface area contributed by atoms with Crippen molar-refractivity contribution in [3.05, 3.63) is 106 Å². The summed E-state index contributed by atoms with van der Waals surface area (Å²) in [5.74, 6) is -0.813. The number of fused-ring (bicyclic) bond motifs is 1. The number of carbonyl (C=O) groups excluding carboxylic acids is 3. The van der Waals surface area contributed by atoms with Crippen LogP contribution in [0.15, 0.2) is 79.1 Å². The van der Waals surface area contributed by atoms with Crippen molar-refractivity contribution in [1.82, 2.24) is 30.4 Å². The first-order valence-corrected chi connectivity index (χ1v) is 13.6. The molecule has 42 heavy (non-hydrogen) atoms. The fourth-order valence-corrected chi connectivity index (χ4v) is 4.91. The maximum Gasteiger partial charge on any atom is 0.409 e. The molecule has 2 N–H and O–H groups in total. The molecule has 11 nitrogen and oxygen atoms in total. The van der Waals surface area contributed by atoms with Crippen molar-refractivity contribution in [1.29, 1.82) is 0 Å². The van der Waals surface area contributed by atoms with Gasteiger partial charge in [0.15, 0.2) is 0 Å². The fourth-order valence-electron chi connectivity index (χ4n) is 4.73. The van der Waals surface area contributed by atoms with Crippen molar-refractivity contribution in [3.63, 3.8) is 0 Å². The molecule has 3 amide bonds. The molecule has 1 aromatic heterocycles. The molecular formula is C30H28ClN7O4. The minimum atomic E-state index is -0.853. The first-order valence-electron chi connectivity index (χ1n) is 13.2. The molecule has 0 saturated carbocycles. The van der Waals surface area contributed by atoms with Crippen LogP contribution in [-0.4, -0.2) is 62.7 Å². The Kier molecular flexibility index (Phi) is 8.88. The number of benzene rings is 3. The number of nitrogens with zero attached hydrogens (tertiary/aromatic N) is 5. The second-order valence-electron chi connectivity index (χ2n) is 9.66. The van der Waals surface area contributed by atoms with Gasteiger partial charge in [-0.1, -0.05) is 48.0 Å². The van der Waals surface area contributed by atoms with Gasteiger partial charge in [0.2, 0.25) is 11.8 Å². The van der Waals surface area contributed by atoms with Crippen LogP contribution in [0.3, 0.4) is 0 Å². The Balaban J connectivity index is 1.31. The molecular weight excluding hydrogens is 558 g/mol. The van der Waals surface area contributed by atoms with Crippen molar-refractivity contribution in [3.8, 4) is 5.69 Å². The summed E-state index contributed by atoms with van der Waals surface area (Å²) in [4.78, 5) is 40.1. The van der Waals surface area contributed by atoms with E-state index in [9.17, 15) is 14.4 Å². The van der Waals surface area contributed by atoms with Gasteiger partial charge in [0, 0.05) is 41.9 Å². The van der Waals surface area contributed by atoms with Gasteiger partial charge in [0.1, 0.15) is 12.4 Å². The fraction of sp³-hybridized carbons (Fsp3) is 0.200. The third kappa shape index (κ3) is 6.99. The molecule has 5 rings (SSSR count). The standard InChI is InChI=1S/C30H28ClN7O4/c1-42-30(41)37-14-13-21-17-25(10-7-23(21)18-37)33-29(40)26(15-20-5-3-2-4-6-20)34-28(39)12-8-22-16-24(31)9-11-27(22)38-19-32-35-36-38/h2-12,16-17,19,26H,13-15,18H2,1H3,(H,33,40)(H,34,39)/b12-8+/t26-/m0/s1. The summed E-state index contributed by atoms with van der Waals surface area (Å²) in [6.45, 7) is 0.967. The molecule has 1 aliphatic heterocycles. The van der Waals surface area contributed by atoms with Gasteiger partial charge in [-0.25, -0.2) is 4.79 Å². The topological polar surface area (TPSA) is 131 Å². The number of hydrogen-bond donors (Lipinski definition) is 2. The Morgan fingerprint density at radius 1 is 1.07 bits per heavy atom. The van der Waals surface area contributed by atoms with Crippen LogP contribution in [0.25, 0.3) is 11.8 Å². The van der Waals surface area contributed by atoms with E-state index < -0.39 is 11.9 Å². The Labute approximate surface area is 247 Å². The average molecular weight is 586 g/mol. The number of anilines is 1. The molecule has 0 aliphatic carbocycles. The Bertz CT molecular complexity index is 1610. The Hall–Kier alpha value is -5.03. The minimum Gasteiger partial charge on any atom is -0.453 e. The van der Waals surface area contributed by atoms with E-state index in [4.69, 9.17) is 16.3 Å². The zero-order valence-electron chi connectivity index (χ0n) is 22.7. The van der Waals surface area contributed by atoms with Crippen LogP contribution in [0.4, 0.5) is 10.5 Å². The van der Waals surface area contributed by atoms with Crippen LogP contribution in [0.1, 0.15) is 22.3 Å². The van der Waals surface area contributed by atoms with E-state index in [1.807, 2.05) is 42.5 Å². The number of ether oxygens (including phenoxy) is 1. The van der Waals surface area contributed by atoms with Crippen LogP contribution < -0.4 is 10.6 Å². The van der Waals surface area contributed by atoms with Gasteiger partial charge in [-0.2, -0.15) is 4.68 Å². The lowest BCUT2D eigenvalue weighted by Gasteiger charge is -2.28. The largest absolute Gasteiger partial charge is 0.453 e. The number of amides is 3. The molecule has 1 atom stereocenters. The maximum atomic E-state index is 13.5. The van der Waals surface area contributed by atoms with Crippen LogP contribution in [0.2, 0.25) is 5.02 Å². The Morgan fingerprint density at radius 3 is 2.67 bits per heavy atom. The van der Waals surface area contributed by atoms with E-state index in [0.29, 0.717) is 47.9 Å². The van der Waals surface area contributed by atoms with E-state index in [2.05, 4.69) is 26.2 Å². The summed E-state index contributed by atoms with van der Waals surface area (Å²) in [5.41, 5.74) is 4.79. The molecule has 4 aromatic rings. The van der Waals surface area contributed by atoms with Gasteiger partial charge in [-0.15, -0.1) is 5.10 Å². The van der Waals surface area contributed by atoms with Crippen LogP contribution in [-0.2, 0) is 33.7 Å². The number of hydrogen-bond acceptors (Lipinski definition) is 7. The van der Waals surface area contributed by atoms with Crippen molar-refractivity contribution in [2.24, 2.45) is 0 Å². The quantitative estimate of drug-likeness (QED) is 0.301. The van der Waals surface area contributed by atoms with Crippen LogP contribution >= 0.6 is 11.6 Å². The summed E-state index contributed by atoms with van der Waals surface area (Å²) in [6, 6.07) is 19.3. The summed E-state index contributed by atoms with van der Waals surface area (Å²) in [5, 5.41) is 17.5.